The predicted molar refractivity (Wildman–Crippen MR) is 63.8 cm³/mol. The van der Waals surface area contributed by atoms with Crippen molar-refractivity contribution in [1.29, 1.82) is 0 Å². The second kappa shape index (κ2) is 5.51. The highest BCUT2D eigenvalue weighted by molar-refractivity contribution is 8.14. The number of amidine groups is 1. The van der Waals surface area contributed by atoms with Crippen LogP contribution in [0.2, 0.25) is 0 Å². The zero-order valence-electron chi connectivity index (χ0n) is 9.54. The van der Waals surface area contributed by atoms with E-state index in [9.17, 15) is 9.50 Å². The van der Waals surface area contributed by atoms with Crippen LogP contribution >= 0.6 is 11.8 Å². The van der Waals surface area contributed by atoms with E-state index in [2.05, 4.69) is 10.3 Å². The summed E-state index contributed by atoms with van der Waals surface area (Å²) in [4.78, 5) is 4.13. The molecule has 98 valence electrons. The first-order valence-corrected chi connectivity index (χ1v) is 6.56. The van der Waals surface area contributed by atoms with Crippen LogP contribution in [0.15, 0.2) is 4.99 Å². The van der Waals surface area contributed by atoms with E-state index in [0.717, 1.165) is 0 Å². The van der Waals surface area contributed by atoms with Gasteiger partial charge in [0, 0.05) is 13.7 Å². The maximum atomic E-state index is 14.0. The summed E-state index contributed by atoms with van der Waals surface area (Å²) in [6.45, 7) is 0.0169. The number of alkyl halides is 1. The van der Waals surface area contributed by atoms with E-state index in [0.29, 0.717) is 18.0 Å². The Labute approximate surface area is 103 Å². The SMILES string of the molecule is CNC1=N[C@@H]2[C@@H](F)[C@H](O)[C@@H](CCCO)O[C@@H]2S1. The summed E-state index contributed by atoms with van der Waals surface area (Å²) in [6.07, 6.45) is -2.18. The molecule has 0 aromatic heterocycles. The molecule has 0 radical (unpaired) electrons. The maximum Gasteiger partial charge on any atom is 0.159 e. The maximum absolute atomic E-state index is 14.0. The summed E-state index contributed by atoms with van der Waals surface area (Å²) in [5, 5.41) is 22.0. The van der Waals surface area contributed by atoms with E-state index >= 15 is 0 Å². The monoisotopic (exact) mass is 264 g/mol. The summed E-state index contributed by atoms with van der Waals surface area (Å²) >= 11 is 1.34. The summed E-state index contributed by atoms with van der Waals surface area (Å²) in [5.74, 6) is 0. The van der Waals surface area contributed by atoms with Crippen LogP contribution in [0.3, 0.4) is 0 Å². The molecule has 0 aromatic carbocycles. The average Bonchev–Trinajstić information content (AvgIpc) is 2.75. The fraction of sp³-hybridized carbons (Fsp3) is 0.900. The molecule has 7 heteroatoms. The number of rotatable bonds is 3. The minimum Gasteiger partial charge on any atom is -0.396 e. The fourth-order valence-corrected chi connectivity index (χ4v) is 3.12. The third kappa shape index (κ3) is 2.57. The van der Waals surface area contributed by atoms with Crippen molar-refractivity contribution in [2.75, 3.05) is 13.7 Å². The normalized spacial score (nSPS) is 40.9. The van der Waals surface area contributed by atoms with Crippen LogP contribution in [0, 0.1) is 0 Å². The molecule has 3 N–H and O–H groups in total. The number of aliphatic hydroxyl groups is 2. The molecule has 2 heterocycles. The molecular formula is C10H17FN2O3S. The zero-order chi connectivity index (χ0) is 12.4. The van der Waals surface area contributed by atoms with Gasteiger partial charge in [0.15, 0.2) is 11.3 Å². The van der Waals surface area contributed by atoms with Gasteiger partial charge in [-0.3, -0.25) is 4.99 Å². The standard InChI is InChI=1S/C10H17FN2O3S/c1-12-10-13-7-6(11)8(15)5(3-2-4-14)16-9(7)17-10/h5-9,14-15H,2-4H2,1H3,(H,12,13)/t5-,6-,7-,8-,9-/m1/s1. The number of aliphatic hydroxyl groups excluding tert-OH is 2. The van der Waals surface area contributed by atoms with Crippen LogP contribution < -0.4 is 5.32 Å². The van der Waals surface area contributed by atoms with Gasteiger partial charge >= 0.3 is 0 Å². The first-order chi connectivity index (χ1) is 8.17. The van der Waals surface area contributed by atoms with Gasteiger partial charge in [0.05, 0.1) is 6.10 Å². The minimum atomic E-state index is -1.41. The first-order valence-electron chi connectivity index (χ1n) is 5.68. The van der Waals surface area contributed by atoms with Crippen LogP contribution in [0.25, 0.3) is 0 Å². The molecule has 0 aliphatic carbocycles. The lowest BCUT2D eigenvalue weighted by atomic mass is 9.96. The van der Waals surface area contributed by atoms with E-state index in [1.807, 2.05) is 0 Å². The second-order valence-corrected chi connectivity index (χ2v) is 5.22. The van der Waals surface area contributed by atoms with Crippen molar-refractivity contribution in [3.8, 4) is 0 Å². The quantitative estimate of drug-likeness (QED) is 0.662. The summed E-state index contributed by atoms with van der Waals surface area (Å²) in [6, 6.07) is -0.636. The third-order valence-electron chi connectivity index (χ3n) is 2.98. The van der Waals surface area contributed by atoms with Crippen molar-refractivity contribution in [2.45, 2.75) is 42.7 Å². The summed E-state index contributed by atoms with van der Waals surface area (Å²) in [7, 11) is 1.72. The fourth-order valence-electron chi connectivity index (χ4n) is 2.05. The number of nitrogens with zero attached hydrogens (tertiary/aromatic N) is 1. The Kier molecular flexibility index (Phi) is 4.24. The Morgan fingerprint density at radius 1 is 1.59 bits per heavy atom. The number of aliphatic imine (C=N–C) groups is 1. The molecule has 2 aliphatic rings. The average molecular weight is 264 g/mol. The molecule has 0 aromatic rings. The van der Waals surface area contributed by atoms with Crippen LogP contribution in [-0.4, -0.2) is 58.9 Å². The number of thioether (sulfide) groups is 1. The van der Waals surface area contributed by atoms with Gasteiger partial charge in [0.2, 0.25) is 0 Å². The van der Waals surface area contributed by atoms with Crippen molar-refractivity contribution in [1.82, 2.24) is 5.32 Å². The largest absolute Gasteiger partial charge is 0.396 e. The molecule has 1 saturated heterocycles. The second-order valence-electron chi connectivity index (χ2n) is 4.14. The van der Waals surface area contributed by atoms with E-state index in [4.69, 9.17) is 9.84 Å². The first kappa shape index (κ1) is 13.1. The molecule has 0 bridgehead atoms. The molecule has 1 fully saturated rings. The van der Waals surface area contributed by atoms with Gasteiger partial charge in [-0.2, -0.15) is 0 Å². The number of hydrogen-bond donors (Lipinski definition) is 3. The highest BCUT2D eigenvalue weighted by Gasteiger charge is 2.48. The Hall–Kier alpha value is -0.370. The van der Waals surface area contributed by atoms with Gasteiger partial charge in [0.25, 0.3) is 0 Å². The number of hydrogen-bond acceptors (Lipinski definition) is 6. The lowest BCUT2D eigenvalue weighted by molar-refractivity contribution is -0.134. The molecule has 0 spiro atoms. The van der Waals surface area contributed by atoms with Crippen molar-refractivity contribution >= 4 is 16.9 Å². The van der Waals surface area contributed by atoms with Gasteiger partial charge in [0.1, 0.15) is 17.6 Å². The van der Waals surface area contributed by atoms with Gasteiger partial charge < -0.3 is 20.3 Å². The van der Waals surface area contributed by atoms with E-state index in [1.54, 1.807) is 7.05 Å². The third-order valence-corrected chi connectivity index (χ3v) is 4.13. The number of fused-ring (bicyclic) bond motifs is 1. The van der Waals surface area contributed by atoms with Crippen molar-refractivity contribution in [2.24, 2.45) is 4.99 Å². The highest BCUT2D eigenvalue weighted by Crippen LogP contribution is 2.37. The summed E-state index contributed by atoms with van der Waals surface area (Å²) in [5.41, 5.74) is -0.375. The Bertz CT molecular complexity index is 305. The van der Waals surface area contributed by atoms with Crippen molar-refractivity contribution < 1.29 is 19.3 Å². The molecule has 5 nitrogen and oxygen atoms in total. The summed E-state index contributed by atoms with van der Waals surface area (Å²) < 4.78 is 19.6. The van der Waals surface area contributed by atoms with E-state index < -0.39 is 24.4 Å². The molecule has 17 heavy (non-hydrogen) atoms. The van der Waals surface area contributed by atoms with Crippen LogP contribution in [-0.2, 0) is 4.74 Å². The van der Waals surface area contributed by atoms with Gasteiger partial charge in [-0.05, 0) is 12.8 Å². The lowest BCUT2D eigenvalue weighted by Crippen LogP contribution is -2.52. The molecule has 0 amide bonds. The smallest absolute Gasteiger partial charge is 0.159 e. The van der Waals surface area contributed by atoms with Crippen LogP contribution in [0.1, 0.15) is 12.8 Å². The van der Waals surface area contributed by atoms with Crippen LogP contribution in [0.5, 0.6) is 0 Å². The number of nitrogens with one attached hydrogen (secondary N) is 1. The topological polar surface area (TPSA) is 74.1 Å². The molecule has 2 aliphatic heterocycles. The zero-order valence-corrected chi connectivity index (χ0v) is 10.4. The Balaban J connectivity index is 2.02. The van der Waals surface area contributed by atoms with Gasteiger partial charge in [-0.15, -0.1) is 0 Å². The molecular weight excluding hydrogens is 247 g/mol. The lowest BCUT2D eigenvalue weighted by Gasteiger charge is -2.37. The number of ether oxygens (including phenoxy) is 1. The van der Waals surface area contributed by atoms with E-state index in [1.165, 1.54) is 11.8 Å². The minimum absolute atomic E-state index is 0.0169. The highest BCUT2D eigenvalue weighted by atomic mass is 32.2. The van der Waals surface area contributed by atoms with Crippen molar-refractivity contribution in [3.63, 3.8) is 0 Å². The Morgan fingerprint density at radius 2 is 2.35 bits per heavy atom. The van der Waals surface area contributed by atoms with Gasteiger partial charge in [-0.25, -0.2) is 4.39 Å². The van der Waals surface area contributed by atoms with Crippen molar-refractivity contribution in [3.05, 3.63) is 0 Å². The van der Waals surface area contributed by atoms with E-state index in [-0.39, 0.29) is 12.0 Å². The molecule has 0 saturated carbocycles. The van der Waals surface area contributed by atoms with Crippen LogP contribution in [0.4, 0.5) is 4.39 Å². The number of halogens is 1. The predicted octanol–water partition coefficient (Wildman–Crippen LogP) is -0.126. The molecule has 5 atom stereocenters. The van der Waals surface area contributed by atoms with Gasteiger partial charge in [-0.1, -0.05) is 11.8 Å². The molecule has 0 unspecified atom stereocenters. The Morgan fingerprint density at radius 3 is 3.00 bits per heavy atom. The molecule has 2 rings (SSSR count).